The molecule has 2 aromatic rings. The van der Waals surface area contributed by atoms with Gasteiger partial charge in [0.25, 0.3) is 0 Å². The molecule has 4 nitrogen and oxygen atoms in total. The predicted molar refractivity (Wildman–Crippen MR) is 91.5 cm³/mol. The standard InChI is InChI=1S/C19H25NO3/c1-15(13-22-2)20-12-18(21)14-23-19-10-8-17(9-11-19)16-6-4-3-5-7-16/h3-11,15,18,20-21H,12-14H2,1-2H3/p+1/t15-,18-/m1/s1. The molecule has 0 aliphatic heterocycles. The molecule has 0 bridgehead atoms. The van der Waals surface area contributed by atoms with E-state index in [-0.39, 0.29) is 0 Å². The van der Waals surface area contributed by atoms with E-state index in [9.17, 15) is 5.11 Å². The van der Waals surface area contributed by atoms with Gasteiger partial charge in [0.05, 0.1) is 6.61 Å². The van der Waals surface area contributed by atoms with Gasteiger partial charge in [-0.25, -0.2) is 0 Å². The van der Waals surface area contributed by atoms with Gasteiger partial charge in [-0.1, -0.05) is 42.5 Å². The first kappa shape index (κ1) is 17.5. The molecule has 0 unspecified atom stereocenters. The minimum Gasteiger partial charge on any atom is -0.491 e. The van der Waals surface area contributed by atoms with Gasteiger partial charge in [0.2, 0.25) is 0 Å². The number of methoxy groups -OCH3 is 1. The van der Waals surface area contributed by atoms with Crippen molar-refractivity contribution in [2.24, 2.45) is 0 Å². The van der Waals surface area contributed by atoms with Gasteiger partial charge >= 0.3 is 0 Å². The molecule has 0 fully saturated rings. The van der Waals surface area contributed by atoms with E-state index in [0.717, 1.165) is 11.3 Å². The fourth-order valence-corrected chi connectivity index (χ4v) is 2.35. The number of nitrogens with two attached hydrogens (primary N) is 1. The Morgan fingerprint density at radius 1 is 0.957 bits per heavy atom. The highest BCUT2D eigenvalue weighted by molar-refractivity contribution is 5.63. The molecule has 0 saturated heterocycles. The fraction of sp³-hybridized carbons (Fsp3) is 0.368. The second-order valence-electron chi connectivity index (χ2n) is 5.76. The summed E-state index contributed by atoms with van der Waals surface area (Å²) in [5, 5.41) is 12.0. The third kappa shape index (κ3) is 6.02. The van der Waals surface area contributed by atoms with Gasteiger partial charge in [-0.2, -0.15) is 0 Å². The summed E-state index contributed by atoms with van der Waals surface area (Å²) in [5.41, 5.74) is 2.33. The zero-order valence-corrected chi connectivity index (χ0v) is 13.8. The van der Waals surface area contributed by atoms with Crippen molar-refractivity contribution in [3.8, 4) is 16.9 Å². The number of benzene rings is 2. The van der Waals surface area contributed by atoms with Gasteiger partial charge in [-0.15, -0.1) is 0 Å². The van der Waals surface area contributed by atoms with Crippen LogP contribution in [0.15, 0.2) is 54.6 Å². The van der Waals surface area contributed by atoms with Crippen LogP contribution in [0.25, 0.3) is 11.1 Å². The molecular weight excluding hydrogens is 290 g/mol. The second kappa shape index (κ2) is 9.30. The van der Waals surface area contributed by atoms with Crippen LogP contribution in [0.1, 0.15) is 6.92 Å². The Morgan fingerprint density at radius 3 is 2.26 bits per heavy atom. The van der Waals surface area contributed by atoms with Crippen LogP contribution in [-0.2, 0) is 4.74 Å². The van der Waals surface area contributed by atoms with Gasteiger partial charge in [-0.05, 0) is 30.2 Å². The van der Waals surface area contributed by atoms with Crippen molar-refractivity contribution in [1.29, 1.82) is 0 Å². The number of aliphatic hydroxyl groups excluding tert-OH is 1. The summed E-state index contributed by atoms with van der Waals surface area (Å²) in [5.74, 6) is 0.772. The molecule has 3 N–H and O–H groups in total. The van der Waals surface area contributed by atoms with Crippen LogP contribution in [0.3, 0.4) is 0 Å². The Bertz CT molecular complexity index is 557. The number of ether oxygens (including phenoxy) is 2. The van der Waals surface area contributed by atoms with E-state index in [1.54, 1.807) is 7.11 Å². The van der Waals surface area contributed by atoms with E-state index in [2.05, 4.69) is 24.4 Å². The third-order valence-corrected chi connectivity index (χ3v) is 3.64. The summed E-state index contributed by atoms with van der Waals surface area (Å²) in [6.45, 7) is 3.64. The van der Waals surface area contributed by atoms with Crippen molar-refractivity contribution >= 4 is 0 Å². The quantitative estimate of drug-likeness (QED) is 0.740. The lowest BCUT2D eigenvalue weighted by molar-refractivity contribution is -0.693. The van der Waals surface area contributed by atoms with Gasteiger partial charge in [0.15, 0.2) is 0 Å². The summed E-state index contributed by atoms with van der Waals surface area (Å²) in [7, 11) is 1.68. The molecule has 2 aromatic carbocycles. The molecule has 0 aromatic heterocycles. The van der Waals surface area contributed by atoms with E-state index in [1.165, 1.54) is 5.56 Å². The minimum atomic E-state index is -0.497. The average molecular weight is 316 g/mol. The molecule has 0 aliphatic rings. The molecule has 23 heavy (non-hydrogen) atoms. The smallest absolute Gasteiger partial charge is 0.137 e. The maximum absolute atomic E-state index is 9.96. The molecular formula is C19H26NO3+. The van der Waals surface area contributed by atoms with Crippen LogP contribution in [-0.4, -0.2) is 44.1 Å². The molecule has 2 atom stereocenters. The molecule has 4 heteroatoms. The van der Waals surface area contributed by atoms with E-state index < -0.39 is 6.10 Å². The lowest BCUT2D eigenvalue weighted by Gasteiger charge is -2.14. The molecule has 0 saturated carbocycles. The van der Waals surface area contributed by atoms with E-state index in [1.807, 2.05) is 42.5 Å². The molecule has 124 valence electrons. The second-order valence-corrected chi connectivity index (χ2v) is 5.76. The highest BCUT2D eigenvalue weighted by Gasteiger charge is 2.11. The molecule has 0 heterocycles. The van der Waals surface area contributed by atoms with Gasteiger partial charge in [0, 0.05) is 7.11 Å². The SMILES string of the molecule is COC[C@@H](C)[NH2+]C[C@@H](O)COc1ccc(-c2ccccc2)cc1. The lowest BCUT2D eigenvalue weighted by Crippen LogP contribution is -2.92. The van der Waals surface area contributed by atoms with Crippen LogP contribution in [0, 0.1) is 0 Å². The monoisotopic (exact) mass is 316 g/mol. The number of hydrogen-bond donors (Lipinski definition) is 2. The Balaban J connectivity index is 1.78. The van der Waals surface area contributed by atoms with Crippen molar-refractivity contribution in [3.63, 3.8) is 0 Å². The van der Waals surface area contributed by atoms with Crippen molar-refractivity contribution in [1.82, 2.24) is 0 Å². The maximum Gasteiger partial charge on any atom is 0.137 e. The topological polar surface area (TPSA) is 55.3 Å². The Kier molecular flexibility index (Phi) is 7.07. The van der Waals surface area contributed by atoms with Crippen LogP contribution < -0.4 is 10.1 Å². The number of quaternary nitrogens is 1. The van der Waals surface area contributed by atoms with Crippen LogP contribution in [0.5, 0.6) is 5.75 Å². The maximum atomic E-state index is 9.96. The first-order valence-electron chi connectivity index (χ1n) is 7.97. The molecule has 0 spiro atoms. The van der Waals surface area contributed by atoms with Crippen molar-refractivity contribution in [2.75, 3.05) is 26.9 Å². The summed E-state index contributed by atoms with van der Waals surface area (Å²) in [6.07, 6.45) is -0.497. The molecule has 0 amide bonds. The molecule has 0 aliphatic carbocycles. The van der Waals surface area contributed by atoms with Gasteiger partial charge in [-0.3, -0.25) is 0 Å². The normalized spacial score (nSPS) is 13.5. The van der Waals surface area contributed by atoms with E-state index >= 15 is 0 Å². The zero-order valence-electron chi connectivity index (χ0n) is 13.8. The Labute approximate surface area is 138 Å². The van der Waals surface area contributed by atoms with Crippen LogP contribution >= 0.6 is 0 Å². The molecule has 0 radical (unpaired) electrons. The fourth-order valence-electron chi connectivity index (χ4n) is 2.35. The first-order valence-corrected chi connectivity index (χ1v) is 7.97. The summed E-state index contributed by atoms with van der Waals surface area (Å²) in [6, 6.07) is 18.5. The minimum absolute atomic E-state index is 0.293. The number of hydrogen-bond acceptors (Lipinski definition) is 3. The summed E-state index contributed by atoms with van der Waals surface area (Å²) >= 11 is 0. The van der Waals surface area contributed by atoms with Gasteiger partial charge < -0.3 is 19.9 Å². The Morgan fingerprint density at radius 2 is 1.61 bits per heavy atom. The van der Waals surface area contributed by atoms with Gasteiger partial charge in [0.1, 0.15) is 31.0 Å². The highest BCUT2D eigenvalue weighted by Crippen LogP contribution is 2.21. The van der Waals surface area contributed by atoms with Crippen LogP contribution in [0.2, 0.25) is 0 Å². The largest absolute Gasteiger partial charge is 0.491 e. The average Bonchev–Trinajstić information content (AvgIpc) is 2.59. The van der Waals surface area contributed by atoms with Crippen LogP contribution in [0.4, 0.5) is 0 Å². The van der Waals surface area contributed by atoms with E-state index in [4.69, 9.17) is 9.47 Å². The molecule has 2 rings (SSSR count). The van der Waals surface area contributed by atoms with Crippen molar-refractivity contribution in [2.45, 2.75) is 19.1 Å². The van der Waals surface area contributed by atoms with Crippen molar-refractivity contribution < 1.29 is 19.9 Å². The zero-order chi connectivity index (χ0) is 16.5. The predicted octanol–water partition coefficient (Wildman–Crippen LogP) is 1.69. The summed E-state index contributed by atoms with van der Waals surface area (Å²) in [4.78, 5) is 0. The Hall–Kier alpha value is -1.88. The number of rotatable bonds is 9. The third-order valence-electron chi connectivity index (χ3n) is 3.64. The lowest BCUT2D eigenvalue weighted by atomic mass is 10.1. The number of aliphatic hydroxyl groups is 1. The first-order chi connectivity index (χ1) is 11.2. The van der Waals surface area contributed by atoms with Crippen molar-refractivity contribution in [3.05, 3.63) is 54.6 Å². The van der Waals surface area contributed by atoms with E-state index in [0.29, 0.717) is 25.8 Å². The highest BCUT2D eigenvalue weighted by atomic mass is 16.5. The summed E-state index contributed by atoms with van der Waals surface area (Å²) < 4.78 is 10.7.